The zero-order valence-electron chi connectivity index (χ0n) is 11.6. The fourth-order valence-corrected chi connectivity index (χ4v) is 1.79. The summed E-state index contributed by atoms with van der Waals surface area (Å²) in [6.45, 7) is 0. The zero-order valence-corrected chi connectivity index (χ0v) is 11.6. The first-order valence-electron chi connectivity index (χ1n) is 6.51. The van der Waals surface area contributed by atoms with Gasteiger partial charge >= 0.3 is 6.09 Å². The molecule has 0 heterocycles. The molecule has 21 heavy (non-hydrogen) atoms. The predicted molar refractivity (Wildman–Crippen MR) is 80.3 cm³/mol. The topological polar surface area (TPSA) is 67.4 Å². The quantitative estimate of drug-likeness (QED) is 0.906. The van der Waals surface area contributed by atoms with E-state index >= 15 is 0 Å². The number of benzene rings is 2. The molecule has 0 aliphatic heterocycles. The van der Waals surface area contributed by atoms with E-state index in [0.29, 0.717) is 11.4 Å². The number of para-hydroxylation sites is 2. The molecule has 2 N–H and O–H groups in total. The minimum Gasteiger partial charge on any atom is -0.410 e. The van der Waals surface area contributed by atoms with Crippen molar-refractivity contribution in [1.82, 2.24) is 5.32 Å². The van der Waals surface area contributed by atoms with E-state index in [2.05, 4.69) is 10.6 Å². The van der Waals surface area contributed by atoms with Gasteiger partial charge in [0.2, 0.25) is 5.91 Å². The average molecular weight is 284 g/mol. The number of amides is 2. The van der Waals surface area contributed by atoms with Crippen molar-refractivity contribution in [1.29, 1.82) is 0 Å². The molecule has 0 spiro atoms. The van der Waals surface area contributed by atoms with Crippen LogP contribution < -0.4 is 15.4 Å². The number of anilines is 1. The van der Waals surface area contributed by atoms with Crippen LogP contribution in [0.5, 0.6) is 5.75 Å². The molecular weight excluding hydrogens is 268 g/mol. The Hall–Kier alpha value is -2.82. The third-order valence-corrected chi connectivity index (χ3v) is 2.84. The van der Waals surface area contributed by atoms with E-state index in [-0.39, 0.29) is 12.3 Å². The summed E-state index contributed by atoms with van der Waals surface area (Å²) in [5.41, 5.74) is 1.28. The standard InChI is InChI=1S/C16H16N2O3/c1-17-15(19)11-12-7-5-6-10-14(12)18-16(20)21-13-8-3-2-4-9-13/h2-10H,11H2,1H3,(H,17,19)(H,18,20). The smallest absolute Gasteiger partial charge is 0.410 e. The highest BCUT2D eigenvalue weighted by molar-refractivity contribution is 5.89. The number of likely N-dealkylation sites (N-methyl/N-ethyl adjacent to an activating group) is 1. The lowest BCUT2D eigenvalue weighted by atomic mass is 10.1. The van der Waals surface area contributed by atoms with Gasteiger partial charge in [-0.25, -0.2) is 4.79 Å². The van der Waals surface area contributed by atoms with Gasteiger partial charge in [-0.3, -0.25) is 10.1 Å². The summed E-state index contributed by atoms with van der Waals surface area (Å²) < 4.78 is 5.15. The molecule has 0 radical (unpaired) electrons. The molecule has 0 bridgehead atoms. The molecule has 108 valence electrons. The SMILES string of the molecule is CNC(=O)Cc1ccccc1NC(=O)Oc1ccccc1. The molecule has 0 aliphatic carbocycles. The summed E-state index contributed by atoms with van der Waals surface area (Å²) in [7, 11) is 1.57. The van der Waals surface area contributed by atoms with Crippen LogP contribution >= 0.6 is 0 Å². The Labute approximate surface area is 122 Å². The van der Waals surface area contributed by atoms with Crippen LogP contribution in [0.15, 0.2) is 54.6 Å². The molecule has 0 aromatic heterocycles. The molecule has 0 aliphatic rings. The maximum Gasteiger partial charge on any atom is 0.417 e. The van der Waals surface area contributed by atoms with Gasteiger partial charge in [-0.05, 0) is 23.8 Å². The Balaban J connectivity index is 2.05. The van der Waals surface area contributed by atoms with E-state index in [1.54, 1.807) is 49.5 Å². The second kappa shape index (κ2) is 7.09. The minimum absolute atomic E-state index is 0.124. The van der Waals surface area contributed by atoms with E-state index in [1.165, 1.54) is 0 Å². The third kappa shape index (κ3) is 4.35. The summed E-state index contributed by atoms with van der Waals surface area (Å²) in [5, 5.41) is 5.20. The first-order chi connectivity index (χ1) is 10.2. The van der Waals surface area contributed by atoms with Gasteiger partial charge in [0.25, 0.3) is 0 Å². The van der Waals surface area contributed by atoms with Gasteiger partial charge in [-0.1, -0.05) is 36.4 Å². The Morgan fingerprint density at radius 3 is 2.38 bits per heavy atom. The van der Waals surface area contributed by atoms with Crippen molar-refractivity contribution >= 4 is 17.7 Å². The van der Waals surface area contributed by atoms with Gasteiger partial charge in [0.1, 0.15) is 5.75 Å². The van der Waals surface area contributed by atoms with Crippen molar-refractivity contribution in [2.45, 2.75) is 6.42 Å². The molecular formula is C16H16N2O3. The lowest BCUT2D eigenvalue weighted by molar-refractivity contribution is -0.119. The molecule has 0 atom stereocenters. The Kier molecular flexibility index (Phi) is 4.93. The monoisotopic (exact) mass is 284 g/mol. The van der Waals surface area contributed by atoms with Gasteiger partial charge < -0.3 is 10.1 Å². The fraction of sp³-hybridized carbons (Fsp3) is 0.125. The summed E-state index contributed by atoms with van der Waals surface area (Å²) in [5.74, 6) is 0.333. The van der Waals surface area contributed by atoms with E-state index in [4.69, 9.17) is 4.74 Å². The van der Waals surface area contributed by atoms with Crippen LogP contribution in [0.4, 0.5) is 10.5 Å². The fourth-order valence-electron chi connectivity index (χ4n) is 1.79. The van der Waals surface area contributed by atoms with E-state index in [9.17, 15) is 9.59 Å². The largest absolute Gasteiger partial charge is 0.417 e. The van der Waals surface area contributed by atoms with E-state index in [0.717, 1.165) is 5.56 Å². The number of ether oxygens (including phenoxy) is 1. The molecule has 5 nitrogen and oxygen atoms in total. The lowest BCUT2D eigenvalue weighted by Crippen LogP contribution is -2.22. The Bertz CT molecular complexity index is 626. The second-order valence-corrected chi connectivity index (χ2v) is 4.33. The van der Waals surface area contributed by atoms with Crippen molar-refractivity contribution < 1.29 is 14.3 Å². The molecule has 2 amide bonds. The molecule has 0 fully saturated rings. The normalized spacial score (nSPS) is 9.76. The van der Waals surface area contributed by atoms with Crippen molar-refractivity contribution in [3.05, 3.63) is 60.2 Å². The second-order valence-electron chi connectivity index (χ2n) is 4.33. The Morgan fingerprint density at radius 2 is 1.67 bits per heavy atom. The third-order valence-electron chi connectivity index (χ3n) is 2.84. The number of hydrogen-bond acceptors (Lipinski definition) is 3. The number of hydrogen-bond donors (Lipinski definition) is 2. The number of nitrogens with one attached hydrogen (secondary N) is 2. The van der Waals surface area contributed by atoms with Crippen LogP contribution in [-0.2, 0) is 11.2 Å². The summed E-state index contributed by atoms with van der Waals surface area (Å²) in [6.07, 6.45) is -0.399. The number of carbonyl (C=O) groups is 2. The number of carbonyl (C=O) groups excluding carboxylic acids is 2. The highest BCUT2D eigenvalue weighted by atomic mass is 16.6. The van der Waals surface area contributed by atoms with Crippen molar-refractivity contribution in [3.8, 4) is 5.75 Å². The summed E-state index contributed by atoms with van der Waals surface area (Å²) in [4.78, 5) is 23.3. The molecule has 0 unspecified atom stereocenters. The van der Waals surface area contributed by atoms with Crippen LogP contribution in [0.3, 0.4) is 0 Å². The Morgan fingerprint density at radius 1 is 1.00 bits per heavy atom. The lowest BCUT2D eigenvalue weighted by Gasteiger charge is -2.10. The van der Waals surface area contributed by atoms with Crippen LogP contribution in [0.1, 0.15) is 5.56 Å². The van der Waals surface area contributed by atoms with E-state index < -0.39 is 6.09 Å². The highest BCUT2D eigenvalue weighted by Crippen LogP contribution is 2.17. The first-order valence-corrected chi connectivity index (χ1v) is 6.51. The number of rotatable bonds is 4. The molecule has 2 aromatic rings. The molecule has 5 heteroatoms. The maximum atomic E-state index is 11.9. The predicted octanol–water partition coefficient (Wildman–Crippen LogP) is 2.59. The van der Waals surface area contributed by atoms with E-state index in [1.807, 2.05) is 12.1 Å². The van der Waals surface area contributed by atoms with Gasteiger partial charge in [-0.2, -0.15) is 0 Å². The molecule has 2 rings (SSSR count). The minimum atomic E-state index is -0.592. The summed E-state index contributed by atoms with van der Waals surface area (Å²) >= 11 is 0. The average Bonchev–Trinajstić information content (AvgIpc) is 2.50. The van der Waals surface area contributed by atoms with Crippen LogP contribution in [0, 0.1) is 0 Å². The van der Waals surface area contributed by atoms with Gasteiger partial charge in [0.05, 0.1) is 6.42 Å². The molecule has 0 saturated carbocycles. The van der Waals surface area contributed by atoms with Gasteiger partial charge in [0, 0.05) is 12.7 Å². The van der Waals surface area contributed by atoms with Crippen LogP contribution in [-0.4, -0.2) is 19.0 Å². The van der Waals surface area contributed by atoms with Crippen LogP contribution in [0.2, 0.25) is 0 Å². The molecule has 2 aromatic carbocycles. The van der Waals surface area contributed by atoms with Crippen molar-refractivity contribution in [2.24, 2.45) is 0 Å². The summed E-state index contributed by atoms with van der Waals surface area (Å²) in [6, 6.07) is 15.9. The van der Waals surface area contributed by atoms with Gasteiger partial charge in [-0.15, -0.1) is 0 Å². The van der Waals surface area contributed by atoms with Crippen molar-refractivity contribution in [2.75, 3.05) is 12.4 Å². The maximum absolute atomic E-state index is 11.9. The zero-order chi connectivity index (χ0) is 15.1. The molecule has 0 saturated heterocycles. The first kappa shape index (κ1) is 14.6. The highest BCUT2D eigenvalue weighted by Gasteiger charge is 2.10. The van der Waals surface area contributed by atoms with Gasteiger partial charge in [0.15, 0.2) is 0 Å². The van der Waals surface area contributed by atoms with Crippen molar-refractivity contribution in [3.63, 3.8) is 0 Å². The van der Waals surface area contributed by atoms with Crippen LogP contribution in [0.25, 0.3) is 0 Å².